The third-order valence-electron chi connectivity index (χ3n) is 5.50. The summed E-state index contributed by atoms with van der Waals surface area (Å²) in [6.07, 6.45) is 1.94. The molecule has 0 aliphatic carbocycles. The number of rotatable bonds is 3. The molecule has 2 amide bonds. The maximum Gasteiger partial charge on any atom is 0.228 e. The maximum absolute atomic E-state index is 12.9. The first-order valence-electron chi connectivity index (χ1n) is 9.20. The Morgan fingerprint density at radius 1 is 1.08 bits per heavy atom. The second-order valence-corrected chi connectivity index (χ2v) is 7.59. The minimum Gasteiger partial charge on any atom is -0.350 e. The molecule has 3 fully saturated rings. The zero-order valence-electron chi connectivity index (χ0n) is 14.6. The summed E-state index contributed by atoms with van der Waals surface area (Å²) in [6, 6.07) is 7.16. The minimum atomic E-state index is -0.270. The van der Waals surface area contributed by atoms with Gasteiger partial charge in [-0.1, -0.05) is 11.6 Å². The second kappa shape index (κ2) is 7.55. The number of amides is 2. The van der Waals surface area contributed by atoms with E-state index >= 15 is 0 Å². The van der Waals surface area contributed by atoms with Gasteiger partial charge >= 0.3 is 0 Å². The fourth-order valence-electron chi connectivity index (χ4n) is 4.04. The molecule has 3 aliphatic heterocycles. The lowest BCUT2D eigenvalue weighted by atomic mass is 9.95. The maximum atomic E-state index is 12.9. The Balaban J connectivity index is 1.34. The molecule has 7 heteroatoms. The Morgan fingerprint density at radius 2 is 1.73 bits per heavy atom. The van der Waals surface area contributed by atoms with E-state index < -0.39 is 0 Å². The molecule has 0 aromatic heterocycles. The third-order valence-corrected chi connectivity index (χ3v) is 5.75. The molecule has 3 saturated heterocycles. The SMILES string of the molecule is O=C(C1CC(=O)N(c2ccc(Cl)cc2)C1)N1CCC(C2OCCO2)CC1. The van der Waals surface area contributed by atoms with Crippen molar-refractivity contribution in [2.24, 2.45) is 11.8 Å². The quantitative estimate of drug-likeness (QED) is 0.809. The highest BCUT2D eigenvalue weighted by Gasteiger charge is 2.39. The van der Waals surface area contributed by atoms with Crippen molar-refractivity contribution in [3.63, 3.8) is 0 Å². The number of benzene rings is 1. The second-order valence-electron chi connectivity index (χ2n) is 7.15. The molecule has 1 unspecified atom stereocenters. The lowest BCUT2D eigenvalue weighted by Gasteiger charge is -2.35. The van der Waals surface area contributed by atoms with Gasteiger partial charge in [0.2, 0.25) is 11.8 Å². The van der Waals surface area contributed by atoms with Gasteiger partial charge in [0.1, 0.15) is 0 Å². The lowest BCUT2D eigenvalue weighted by molar-refractivity contribution is -0.140. The van der Waals surface area contributed by atoms with Gasteiger partial charge in [-0.15, -0.1) is 0 Å². The van der Waals surface area contributed by atoms with Crippen LogP contribution in [0.4, 0.5) is 5.69 Å². The van der Waals surface area contributed by atoms with Crippen LogP contribution in [0.25, 0.3) is 0 Å². The van der Waals surface area contributed by atoms with Crippen LogP contribution in [0.5, 0.6) is 0 Å². The minimum absolute atomic E-state index is 0.00619. The predicted octanol–water partition coefficient (Wildman–Crippen LogP) is 2.30. The molecule has 140 valence electrons. The summed E-state index contributed by atoms with van der Waals surface area (Å²) in [4.78, 5) is 28.8. The number of ether oxygens (including phenoxy) is 2. The highest BCUT2D eigenvalue weighted by Crippen LogP contribution is 2.30. The fraction of sp³-hybridized carbons (Fsp3) is 0.579. The van der Waals surface area contributed by atoms with Crippen molar-refractivity contribution < 1.29 is 19.1 Å². The first-order chi connectivity index (χ1) is 12.6. The molecule has 26 heavy (non-hydrogen) atoms. The number of piperidine rings is 1. The van der Waals surface area contributed by atoms with Crippen LogP contribution in [0.15, 0.2) is 24.3 Å². The molecule has 4 rings (SSSR count). The van der Waals surface area contributed by atoms with Crippen molar-refractivity contribution >= 4 is 29.1 Å². The van der Waals surface area contributed by atoms with Crippen molar-refractivity contribution in [1.29, 1.82) is 0 Å². The summed E-state index contributed by atoms with van der Waals surface area (Å²) in [5.74, 6) is 0.167. The van der Waals surface area contributed by atoms with Crippen molar-refractivity contribution in [2.75, 3.05) is 37.7 Å². The van der Waals surface area contributed by atoms with Crippen LogP contribution >= 0.6 is 11.6 Å². The Morgan fingerprint density at radius 3 is 2.38 bits per heavy atom. The summed E-state index contributed by atoms with van der Waals surface area (Å²) in [5.41, 5.74) is 0.795. The predicted molar refractivity (Wildman–Crippen MR) is 96.9 cm³/mol. The number of anilines is 1. The van der Waals surface area contributed by atoms with Gasteiger partial charge < -0.3 is 19.3 Å². The summed E-state index contributed by atoms with van der Waals surface area (Å²) < 4.78 is 11.2. The number of carbonyl (C=O) groups excluding carboxylic acids is 2. The van der Waals surface area contributed by atoms with Gasteiger partial charge in [-0.3, -0.25) is 9.59 Å². The molecule has 3 aliphatic rings. The molecule has 0 saturated carbocycles. The van der Waals surface area contributed by atoms with Crippen LogP contribution in [0.1, 0.15) is 19.3 Å². The molecular formula is C19H23ClN2O4. The van der Waals surface area contributed by atoms with Gasteiger partial charge in [0.25, 0.3) is 0 Å². The molecule has 1 aromatic carbocycles. The Kier molecular flexibility index (Phi) is 5.16. The molecule has 0 spiro atoms. The van der Waals surface area contributed by atoms with E-state index in [9.17, 15) is 9.59 Å². The van der Waals surface area contributed by atoms with Crippen LogP contribution < -0.4 is 4.90 Å². The van der Waals surface area contributed by atoms with Crippen LogP contribution in [0.2, 0.25) is 5.02 Å². The van der Waals surface area contributed by atoms with Gasteiger partial charge in [-0.05, 0) is 37.1 Å². The zero-order valence-corrected chi connectivity index (χ0v) is 15.4. The fourth-order valence-corrected chi connectivity index (χ4v) is 4.17. The first-order valence-corrected chi connectivity index (χ1v) is 9.57. The topological polar surface area (TPSA) is 59.1 Å². The normalized spacial score (nSPS) is 25.3. The van der Waals surface area contributed by atoms with Crippen LogP contribution in [0, 0.1) is 11.8 Å². The zero-order chi connectivity index (χ0) is 18.1. The molecule has 3 heterocycles. The molecule has 0 N–H and O–H groups in total. The highest BCUT2D eigenvalue weighted by molar-refractivity contribution is 6.30. The summed E-state index contributed by atoms with van der Waals surface area (Å²) >= 11 is 5.91. The number of hydrogen-bond acceptors (Lipinski definition) is 4. The molecule has 0 radical (unpaired) electrons. The number of likely N-dealkylation sites (tertiary alicyclic amines) is 1. The number of hydrogen-bond donors (Lipinski definition) is 0. The van der Waals surface area contributed by atoms with Crippen LogP contribution in [0.3, 0.4) is 0 Å². The summed E-state index contributed by atoms with van der Waals surface area (Å²) in [5, 5.41) is 0.631. The first kappa shape index (κ1) is 17.8. The van der Waals surface area contributed by atoms with Gasteiger partial charge in [0, 0.05) is 42.7 Å². The van der Waals surface area contributed by atoms with E-state index in [-0.39, 0.29) is 30.4 Å². The average molecular weight is 379 g/mol. The standard InChI is InChI=1S/C19H23ClN2O4/c20-15-1-3-16(4-2-15)22-12-14(11-17(22)23)18(24)21-7-5-13(6-8-21)19-25-9-10-26-19/h1-4,13-14,19H,5-12H2. The van der Waals surface area contributed by atoms with Crippen LogP contribution in [-0.4, -0.2) is 55.9 Å². The highest BCUT2D eigenvalue weighted by atomic mass is 35.5. The van der Waals surface area contributed by atoms with E-state index in [0.717, 1.165) is 18.5 Å². The molecule has 1 aromatic rings. The summed E-state index contributed by atoms with van der Waals surface area (Å²) in [6.45, 7) is 3.17. The van der Waals surface area contributed by atoms with E-state index in [0.29, 0.717) is 43.8 Å². The number of carbonyl (C=O) groups is 2. The Labute approximate surface area is 158 Å². The van der Waals surface area contributed by atoms with Crippen molar-refractivity contribution in [3.8, 4) is 0 Å². The third kappa shape index (κ3) is 3.59. The van der Waals surface area contributed by atoms with Gasteiger partial charge in [-0.25, -0.2) is 0 Å². The van der Waals surface area contributed by atoms with Gasteiger partial charge in [0.05, 0.1) is 19.1 Å². The lowest BCUT2D eigenvalue weighted by Crippen LogP contribution is -2.44. The van der Waals surface area contributed by atoms with E-state index in [4.69, 9.17) is 21.1 Å². The van der Waals surface area contributed by atoms with E-state index in [1.165, 1.54) is 0 Å². The van der Waals surface area contributed by atoms with E-state index in [1.807, 2.05) is 17.0 Å². The Bertz CT molecular complexity index is 667. The van der Waals surface area contributed by atoms with Crippen molar-refractivity contribution in [2.45, 2.75) is 25.6 Å². The molecule has 1 atom stereocenters. The molecule has 6 nitrogen and oxygen atoms in total. The van der Waals surface area contributed by atoms with Crippen LogP contribution in [-0.2, 0) is 19.1 Å². The van der Waals surface area contributed by atoms with E-state index in [1.54, 1.807) is 17.0 Å². The van der Waals surface area contributed by atoms with Gasteiger partial charge in [0.15, 0.2) is 6.29 Å². The largest absolute Gasteiger partial charge is 0.350 e. The van der Waals surface area contributed by atoms with Gasteiger partial charge in [-0.2, -0.15) is 0 Å². The average Bonchev–Trinajstić information content (AvgIpc) is 3.32. The number of nitrogens with zero attached hydrogens (tertiary/aromatic N) is 2. The van der Waals surface area contributed by atoms with Crippen molar-refractivity contribution in [1.82, 2.24) is 4.90 Å². The Hall–Kier alpha value is -1.63. The van der Waals surface area contributed by atoms with E-state index in [2.05, 4.69) is 0 Å². The smallest absolute Gasteiger partial charge is 0.228 e. The molecule has 0 bridgehead atoms. The molecular weight excluding hydrogens is 356 g/mol. The van der Waals surface area contributed by atoms with Crippen molar-refractivity contribution in [3.05, 3.63) is 29.3 Å². The number of halogens is 1. The summed E-state index contributed by atoms with van der Waals surface area (Å²) in [7, 11) is 0. The monoisotopic (exact) mass is 378 g/mol.